The number of nitrogens with one attached hydrogen (secondary N) is 2. The number of rotatable bonds is 6. The maximum atomic E-state index is 15.3. The number of aromatic nitrogens is 4. The number of anilines is 1. The van der Waals surface area contributed by atoms with Gasteiger partial charge in [-0.1, -0.05) is 11.6 Å². The molecule has 0 aliphatic carbocycles. The molecule has 8 nitrogen and oxygen atoms in total. The van der Waals surface area contributed by atoms with Gasteiger partial charge in [-0.25, -0.2) is 8.78 Å². The van der Waals surface area contributed by atoms with E-state index in [0.717, 1.165) is 29.9 Å². The summed E-state index contributed by atoms with van der Waals surface area (Å²) in [5.41, 5.74) is -2.01. The van der Waals surface area contributed by atoms with Gasteiger partial charge in [-0.05, 0) is 14.0 Å². The molecule has 0 spiro atoms. The summed E-state index contributed by atoms with van der Waals surface area (Å²) in [5.74, 6) is -2.90. The molecular formula is C20H20ClF5N6O2. The van der Waals surface area contributed by atoms with Crippen molar-refractivity contribution in [2.24, 2.45) is 0 Å². The van der Waals surface area contributed by atoms with Gasteiger partial charge in [-0.15, -0.1) is 0 Å². The van der Waals surface area contributed by atoms with E-state index < -0.39 is 51.7 Å². The van der Waals surface area contributed by atoms with Gasteiger partial charge in [-0.2, -0.15) is 32.8 Å². The van der Waals surface area contributed by atoms with Crippen LogP contribution in [0.4, 0.5) is 27.8 Å². The Kier molecular flexibility index (Phi) is 6.53. The average molecular weight is 507 g/mol. The van der Waals surface area contributed by atoms with E-state index in [4.69, 9.17) is 21.1 Å². The molecule has 1 aliphatic heterocycles. The number of fused-ring (bicyclic) bond motifs is 1. The summed E-state index contributed by atoms with van der Waals surface area (Å²) in [6.07, 6.45) is -2.76. The predicted molar refractivity (Wildman–Crippen MR) is 113 cm³/mol. The first-order valence-corrected chi connectivity index (χ1v) is 10.6. The predicted octanol–water partition coefficient (Wildman–Crippen LogP) is 4.19. The SMILES string of the molecule is CNC1(Oc2cc(F)c(-c3c(Cl)nc4ncnn4c3N[C@@H](C)C(F)(F)F)c(F)c2)CCOCC1. The fourth-order valence-electron chi connectivity index (χ4n) is 3.64. The molecule has 4 rings (SSSR count). The summed E-state index contributed by atoms with van der Waals surface area (Å²) in [7, 11) is 1.66. The largest absolute Gasteiger partial charge is 0.472 e. The lowest BCUT2D eigenvalue weighted by Crippen LogP contribution is -2.52. The molecule has 34 heavy (non-hydrogen) atoms. The third kappa shape index (κ3) is 4.59. The van der Waals surface area contributed by atoms with Crippen LogP contribution in [0.1, 0.15) is 19.8 Å². The fraction of sp³-hybridized carbons (Fsp3) is 0.450. The molecule has 14 heteroatoms. The Bertz CT molecular complexity index is 1180. The lowest BCUT2D eigenvalue weighted by Gasteiger charge is -2.37. The molecule has 1 saturated heterocycles. The Morgan fingerprint density at radius 1 is 1.18 bits per heavy atom. The topological polar surface area (TPSA) is 85.6 Å². The minimum absolute atomic E-state index is 0.112. The quantitative estimate of drug-likeness (QED) is 0.294. The van der Waals surface area contributed by atoms with Gasteiger partial charge < -0.3 is 14.8 Å². The number of benzene rings is 1. The maximum absolute atomic E-state index is 15.3. The number of halogens is 6. The first-order valence-electron chi connectivity index (χ1n) is 10.2. The Hall–Kier alpha value is -2.77. The Morgan fingerprint density at radius 3 is 2.41 bits per heavy atom. The van der Waals surface area contributed by atoms with Crippen molar-refractivity contribution in [3.05, 3.63) is 35.2 Å². The number of ether oxygens (including phenoxy) is 2. The van der Waals surface area contributed by atoms with Gasteiger partial charge in [0.15, 0.2) is 5.72 Å². The van der Waals surface area contributed by atoms with Crippen LogP contribution in [0, 0.1) is 11.6 Å². The van der Waals surface area contributed by atoms with E-state index in [1.807, 2.05) is 0 Å². The first kappa shape index (κ1) is 24.4. The van der Waals surface area contributed by atoms with Crippen LogP contribution in [0.15, 0.2) is 18.5 Å². The lowest BCUT2D eigenvalue weighted by molar-refractivity contribution is -0.138. The molecule has 1 fully saturated rings. The molecule has 1 atom stereocenters. The molecule has 2 aromatic heterocycles. The van der Waals surface area contributed by atoms with Crippen LogP contribution in [0.3, 0.4) is 0 Å². The smallest absolute Gasteiger partial charge is 0.408 e. The molecule has 0 saturated carbocycles. The van der Waals surface area contributed by atoms with Gasteiger partial charge in [-0.3, -0.25) is 5.32 Å². The van der Waals surface area contributed by atoms with E-state index in [0.29, 0.717) is 26.1 Å². The molecule has 0 amide bonds. The van der Waals surface area contributed by atoms with Gasteiger partial charge in [0.2, 0.25) is 0 Å². The Balaban J connectivity index is 1.81. The van der Waals surface area contributed by atoms with E-state index in [2.05, 4.69) is 25.7 Å². The van der Waals surface area contributed by atoms with Gasteiger partial charge >= 0.3 is 6.18 Å². The van der Waals surface area contributed by atoms with E-state index in [1.165, 1.54) is 0 Å². The minimum Gasteiger partial charge on any atom is -0.472 e. The second-order valence-electron chi connectivity index (χ2n) is 7.73. The number of alkyl halides is 3. The van der Waals surface area contributed by atoms with Crippen molar-refractivity contribution >= 4 is 23.2 Å². The van der Waals surface area contributed by atoms with E-state index in [-0.39, 0.29) is 11.5 Å². The van der Waals surface area contributed by atoms with Crippen molar-refractivity contribution in [1.29, 1.82) is 0 Å². The molecule has 3 aromatic rings. The fourth-order valence-corrected chi connectivity index (χ4v) is 3.90. The molecule has 0 bridgehead atoms. The minimum atomic E-state index is -4.67. The zero-order chi connectivity index (χ0) is 24.7. The van der Waals surface area contributed by atoms with Crippen molar-refractivity contribution in [2.45, 2.75) is 37.7 Å². The highest BCUT2D eigenvalue weighted by Crippen LogP contribution is 2.40. The Morgan fingerprint density at radius 2 is 1.82 bits per heavy atom. The molecule has 1 aromatic carbocycles. The second kappa shape index (κ2) is 9.12. The summed E-state index contributed by atoms with van der Waals surface area (Å²) < 4.78 is 82.4. The van der Waals surface area contributed by atoms with Crippen molar-refractivity contribution in [2.75, 3.05) is 25.6 Å². The van der Waals surface area contributed by atoms with Gasteiger partial charge in [0.25, 0.3) is 5.78 Å². The molecule has 1 aliphatic rings. The number of hydrogen-bond donors (Lipinski definition) is 2. The van der Waals surface area contributed by atoms with E-state index in [9.17, 15) is 13.2 Å². The maximum Gasteiger partial charge on any atom is 0.408 e. The molecule has 184 valence electrons. The van der Waals surface area contributed by atoms with Crippen LogP contribution in [0.5, 0.6) is 5.75 Å². The number of hydrogen-bond acceptors (Lipinski definition) is 7. The molecular weight excluding hydrogens is 487 g/mol. The molecule has 0 unspecified atom stereocenters. The molecule has 3 heterocycles. The van der Waals surface area contributed by atoms with Crippen molar-refractivity contribution in [3.8, 4) is 16.9 Å². The Labute approximate surface area is 195 Å². The van der Waals surface area contributed by atoms with Crippen LogP contribution in [-0.4, -0.2) is 57.8 Å². The summed E-state index contributed by atoms with van der Waals surface area (Å²) in [4.78, 5) is 7.71. The zero-order valence-electron chi connectivity index (χ0n) is 18.0. The van der Waals surface area contributed by atoms with Crippen molar-refractivity contribution in [1.82, 2.24) is 24.9 Å². The monoisotopic (exact) mass is 506 g/mol. The van der Waals surface area contributed by atoms with Gasteiger partial charge in [0.05, 0.1) is 24.3 Å². The average Bonchev–Trinajstić information content (AvgIpc) is 3.23. The van der Waals surface area contributed by atoms with Crippen LogP contribution < -0.4 is 15.4 Å². The molecule has 0 radical (unpaired) electrons. The lowest BCUT2D eigenvalue weighted by atomic mass is 10.0. The van der Waals surface area contributed by atoms with Crippen LogP contribution in [0.25, 0.3) is 16.9 Å². The molecule has 2 N–H and O–H groups in total. The van der Waals surface area contributed by atoms with Gasteiger partial charge in [0, 0.05) is 25.0 Å². The highest BCUT2D eigenvalue weighted by molar-refractivity contribution is 6.33. The normalized spacial score (nSPS) is 17.1. The summed E-state index contributed by atoms with van der Waals surface area (Å²) in [5, 5.41) is 8.56. The highest BCUT2D eigenvalue weighted by Gasteiger charge is 2.38. The van der Waals surface area contributed by atoms with Gasteiger partial charge in [0.1, 0.15) is 40.7 Å². The third-order valence-corrected chi connectivity index (χ3v) is 5.84. The zero-order valence-corrected chi connectivity index (χ0v) is 18.8. The standard InChI is InChI=1S/C20H20ClF5N6O2/c1-10(20(24,25)26)30-17-15(16(21)31-18-28-9-29-32(17)18)14-12(22)7-11(8-13(14)23)34-19(27-2)3-5-33-6-4-19/h7-10,27,30H,3-6H2,1-2H3/t10-/m0/s1. The number of nitrogens with zero attached hydrogens (tertiary/aromatic N) is 4. The summed E-state index contributed by atoms with van der Waals surface area (Å²) >= 11 is 6.18. The highest BCUT2D eigenvalue weighted by atomic mass is 35.5. The van der Waals surface area contributed by atoms with Crippen LogP contribution in [-0.2, 0) is 4.74 Å². The summed E-state index contributed by atoms with van der Waals surface area (Å²) in [6.45, 7) is 1.64. The third-order valence-electron chi connectivity index (χ3n) is 5.56. The second-order valence-corrected chi connectivity index (χ2v) is 8.08. The van der Waals surface area contributed by atoms with Crippen molar-refractivity contribution < 1.29 is 31.4 Å². The van der Waals surface area contributed by atoms with Crippen LogP contribution in [0.2, 0.25) is 5.15 Å². The summed E-state index contributed by atoms with van der Waals surface area (Å²) in [6, 6.07) is -0.229. The van der Waals surface area contributed by atoms with Crippen LogP contribution >= 0.6 is 11.6 Å². The first-order chi connectivity index (χ1) is 16.0. The van der Waals surface area contributed by atoms with E-state index in [1.54, 1.807) is 7.05 Å². The van der Waals surface area contributed by atoms with E-state index >= 15 is 8.78 Å². The van der Waals surface area contributed by atoms with Crippen molar-refractivity contribution in [3.63, 3.8) is 0 Å².